The van der Waals surface area contributed by atoms with Gasteiger partial charge in [-0.3, -0.25) is 9.80 Å². The first-order valence-electron chi connectivity index (χ1n) is 8.49. The van der Waals surface area contributed by atoms with E-state index in [2.05, 4.69) is 15.9 Å². The standard InChI is InChI=1S/C17H26N2O2/c1-2-15(20-10-1)13-18-7-5-16-17(6-8-18)21-11-9-19(16)12-14-3-4-14/h1-2,10,14,16-17H,3-9,11-13H2/t16-,17-/m1/s1. The summed E-state index contributed by atoms with van der Waals surface area (Å²) in [6, 6.07) is 4.70. The Morgan fingerprint density at radius 3 is 2.81 bits per heavy atom. The number of likely N-dealkylation sites (tertiary alicyclic amines) is 1. The highest BCUT2D eigenvalue weighted by Crippen LogP contribution is 2.33. The van der Waals surface area contributed by atoms with Gasteiger partial charge in [0, 0.05) is 32.2 Å². The quantitative estimate of drug-likeness (QED) is 0.851. The molecular formula is C17H26N2O2. The zero-order chi connectivity index (χ0) is 14.1. The van der Waals surface area contributed by atoms with Gasteiger partial charge in [-0.05, 0) is 43.7 Å². The van der Waals surface area contributed by atoms with Crippen molar-refractivity contribution in [1.29, 1.82) is 0 Å². The summed E-state index contributed by atoms with van der Waals surface area (Å²) in [5.41, 5.74) is 0. The van der Waals surface area contributed by atoms with E-state index in [0.717, 1.165) is 50.9 Å². The second-order valence-corrected chi connectivity index (χ2v) is 6.85. The molecule has 0 aromatic carbocycles. The van der Waals surface area contributed by atoms with Gasteiger partial charge in [0.25, 0.3) is 0 Å². The van der Waals surface area contributed by atoms with Crippen LogP contribution in [0.2, 0.25) is 0 Å². The van der Waals surface area contributed by atoms with E-state index in [0.29, 0.717) is 12.1 Å². The van der Waals surface area contributed by atoms with Gasteiger partial charge in [-0.2, -0.15) is 0 Å². The first-order chi connectivity index (χ1) is 10.4. The van der Waals surface area contributed by atoms with Crippen molar-refractivity contribution in [3.05, 3.63) is 24.2 Å². The molecule has 1 aromatic rings. The van der Waals surface area contributed by atoms with E-state index in [-0.39, 0.29) is 0 Å². The highest BCUT2D eigenvalue weighted by molar-refractivity contribution is 4.99. The molecule has 4 rings (SSSR count). The van der Waals surface area contributed by atoms with Crippen molar-refractivity contribution in [3.8, 4) is 0 Å². The van der Waals surface area contributed by atoms with Crippen molar-refractivity contribution in [1.82, 2.24) is 9.80 Å². The molecule has 2 aliphatic heterocycles. The molecule has 3 aliphatic rings. The maximum atomic E-state index is 6.09. The molecule has 0 bridgehead atoms. The smallest absolute Gasteiger partial charge is 0.117 e. The van der Waals surface area contributed by atoms with Crippen LogP contribution in [-0.4, -0.2) is 54.7 Å². The second-order valence-electron chi connectivity index (χ2n) is 6.85. The number of ether oxygens (including phenoxy) is 1. The maximum absolute atomic E-state index is 6.09. The number of hydrogen-bond donors (Lipinski definition) is 0. The Bertz CT molecular complexity index is 444. The van der Waals surface area contributed by atoms with Gasteiger partial charge in [0.15, 0.2) is 0 Å². The largest absolute Gasteiger partial charge is 0.468 e. The van der Waals surface area contributed by atoms with Crippen LogP contribution in [0.4, 0.5) is 0 Å². The Kier molecular flexibility index (Phi) is 4.01. The van der Waals surface area contributed by atoms with Gasteiger partial charge in [-0.15, -0.1) is 0 Å². The minimum Gasteiger partial charge on any atom is -0.468 e. The Labute approximate surface area is 127 Å². The van der Waals surface area contributed by atoms with Gasteiger partial charge < -0.3 is 9.15 Å². The van der Waals surface area contributed by atoms with Crippen LogP contribution < -0.4 is 0 Å². The van der Waals surface area contributed by atoms with Crippen LogP contribution in [-0.2, 0) is 11.3 Å². The third-order valence-corrected chi connectivity index (χ3v) is 5.23. The molecule has 1 aliphatic carbocycles. The van der Waals surface area contributed by atoms with Crippen LogP contribution in [0, 0.1) is 5.92 Å². The van der Waals surface area contributed by atoms with E-state index in [1.165, 1.54) is 25.8 Å². The van der Waals surface area contributed by atoms with Crippen LogP contribution in [0.3, 0.4) is 0 Å². The fraction of sp³-hybridized carbons (Fsp3) is 0.765. The fourth-order valence-electron chi connectivity index (χ4n) is 3.85. The minimum absolute atomic E-state index is 0.444. The van der Waals surface area contributed by atoms with Gasteiger partial charge in [0.2, 0.25) is 0 Å². The molecule has 21 heavy (non-hydrogen) atoms. The van der Waals surface area contributed by atoms with E-state index < -0.39 is 0 Å². The fourth-order valence-corrected chi connectivity index (χ4v) is 3.85. The van der Waals surface area contributed by atoms with Crippen molar-refractivity contribution in [2.24, 2.45) is 5.92 Å². The highest BCUT2D eigenvalue weighted by atomic mass is 16.5. The summed E-state index contributed by atoms with van der Waals surface area (Å²) in [4.78, 5) is 5.25. The number of furan rings is 1. The normalized spacial score (nSPS) is 31.8. The lowest BCUT2D eigenvalue weighted by Crippen LogP contribution is -2.51. The molecule has 1 aromatic heterocycles. The van der Waals surface area contributed by atoms with Crippen LogP contribution in [0.15, 0.2) is 22.8 Å². The lowest BCUT2D eigenvalue weighted by atomic mass is 10.0. The Morgan fingerprint density at radius 1 is 1.10 bits per heavy atom. The Balaban J connectivity index is 1.38. The molecule has 0 unspecified atom stereocenters. The summed E-state index contributed by atoms with van der Waals surface area (Å²) in [6.07, 6.45) is 7.50. The molecule has 0 radical (unpaired) electrons. The lowest BCUT2D eigenvalue weighted by molar-refractivity contribution is -0.0727. The van der Waals surface area contributed by atoms with E-state index in [4.69, 9.17) is 9.15 Å². The van der Waals surface area contributed by atoms with E-state index in [1.807, 2.05) is 6.07 Å². The van der Waals surface area contributed by atoms with E-state index in [9.17, 15) is 0 Å². The number of fused-ring (bicyclic) bond motifs is 1. The summed E-state index contributed by atoms with van der Waals surface area (Å²) in [5, 5.41) is 0. The summed E-state index contributed by atoms with van der Waals surface area (Å²) < 4.78 is 11.6. The molecule has 0 spiro atoms. The molecule has 0 N–H and O–H groups in total. The molecule has 1 saturated carbocycles. The molecule has 116 valence electrons. The molecular weight excluding hydrogens is 264 g/mol. The predicted molar refractivity (Wildman–Crippen MR) is 81.0 cm³/mol. The highest BCUT2D eigenvalue weighted by Gasteiger charge is 2.37. The third kappa shape index (κ3) is 3.33. The number of morpholine rings is 1. The molecule has 3 fully saturated rings. The van der Waals surface area contributed by atoms with E-state index >= 15 is 0 Å². The SMILES string of the molecule is c1coc(CN2CC[C@@H]3[C@@H](CC2)OCCN3CC2CC2)c1. The zero-order valence-electron chi connectivity index (χ0n) is 12.7. The van der Waals surface area contributed by atoms with Crippen molar-refractivity contribution in [2.45, 2.75) is 44.4 Å². The molecule has 4 heteroatoms. The molecule has 3 heterocycles. The number of hydrogen-bond acceptors (Lipinski definition) is 4. The molecule has 2 saturated heterocycles. The summed E-state index contributed by atoms with van der Waals surface area (Å²) >= 11 is 0. The topological polar surface area (TPSA) is 28.9 Å². The molecule has 2 atom stereocenters. The van der Waals surface area contributed by atoms with Crippen molar-refractivity contribution in [3.63, 3.8) is 0 Å². The average Bonchev–Trinajstić information content (AvgIpc) is 3.21. The number of rotatable bonds is 4. The predicted octanol–water partition coefficient (Wildman–Crippen LogP) is 2.35. The van der Waals surface area contributed by atoms with Gasteiger partial charge in [0.1, 0.15) is 5.76 Å². The third-order valence-electron chi connectivity index (χ3n) is 5.23. The zero-order valence-corrected chi connectivity index (χ0v) is 12.7. The monoisotopic (exact) mass is 290 g/mol. The van der Waals surface area contributed by atoms with Gasteiger partial charge in [-0.1, -0.05) is 0 Å². The summed E-state index contributed by atoms with van der Waals surface area (Å²) in [7, 11) is 0. The minimum atomic E-state index is 0.444. The van der Waals surface area contributed by atoms with Gasteiger partial charge >= 0.3 is 0 Å². The van der Waals surface area contributed by atoms with Gasteiger partial charge in [-0.25, -0.2) is 0 Å². The molecule has 4 nitrogen and oxygen atoms in total. The Hall–Kier alpha value is -0.840. The van der Waals surface area contributed by atoms with Crippen LogP contribution in [0.25, 0.3) is 0 Å². The maximum Gasteiger partial charge on any atom is 0.117 e. The first kappa shape index (κ1) is 13.8. The van der Waals surface area contributed by atoms with Crippen molar-refractivity contribution in [2.75, 3.05) is 32.8 Å². The first-order valence-corrected chi connectivity index (χ1v) is 8.49. The van der Waals surface area contributed by atoms with Crippen LogP contribution in [0.5, 0.6) is 0 Å². The lowest BCUT2D eigenvalue weighted by Gasteiger charge is -2.40. The summed E-state index contributed by atoms with van der Waals surface area (Å²) in [5.74, 6) is 2.06. The van der Waals surface area contributed by atoms with Crippen LogP contribution in [0.1, 0.15) is 31.4 Å². The van der Waals surface area contributed by atoms with Crippen molar-refractivity contribution >= 4 is 0 Å². The van der Waals surface area contributed by atoms with Crippen molar-refractivity contribution < 1.29 is 9.15 Å². The van der Waals surface area contributed by atoms with Gasteiger partial charge in [0.05, 0.1) is 25.5 Å². The van der Waals surface area contributed by atoms with E-state index in [1.54, 1.807) is 6.26 Å². The Morgan fingerprint density at radius 2 is 2.00 bits per heavy atom. The summed E-state index contributed by atoms with van der Waals surface area (Å²) in [6.45, 7) is 6.59. The average molecular weight is 290 g/mol. The van der Waals surface area contributed by atoms with Crippen LogP contribution >= 0.6 is 0 Å². The number of nitrogens with zero attached hydrogens (tertiary/aromatic N) is 2. The second kappa shape index (κ2) is 6.11. The molecule has 0 amide bonds.